The first-order chi connectivity index (χ1) is 9.38. The molecule has 108 valence electrons. The highest BCUT2D eigenvalue weighted by Crippen LogP contribution is 2.35. The molecule has 0 aromatic heterocycles. The average molecular weight is 320 g/mol. The van der Waals surface area contributed by atoms with Gasteiger partial charge in [0, 0.05) is 5.92 Å². The van der Waals surface area contributed by atoms with Crippen LogP contribution in [0.4, 0.5) is 10.1 Å². The second kappa shape index (κ2) is 5.97. The number of benzene rings is 1. The third-order valence-corrected chi connectivity index (χ3v) is 4.00. The van der Waals surface area contributed by atoms with Gasteiger partial charge in [0.25, 0.3) is 0 Å². The maximum Gasteiger partial charge on any atom is 0.306 e. The van der Waals surface area contributed by atoms with Crippen LogP contribution in [0.1, 0.15) is 19.3 Å². The Morgan fingerprint density at radius 2 is 1.75 bits per heavy atom. The smallest absolute Gasteiger partial charge is 0.306 e. The highest BCUT2D eigenvalue weighted by molar-refractivity contribution is 6.39. The topological polar surface area (TPSA) is 66.4 Å². The van der Waals surface area contributed by atoms with E-state index in [9.17, 15) is 14.0 Å². The number of hydrogen-bond donors (Lipinski definition) is 2. The number of nitrogens with one attached hydrogen (secondary N) is 1. The van der Waals surface area contributed by atoms with Crippen LogP contribution in [0.5, 0.6) is 0 Å². The van der Waals surface area contributed by atoms with Crippen molar-refractivity contribution in [3.63, 3.8) is 0 Å². The zero-order valence-electron chi connectivity index (χ0n) is 10.3. The first-order valence-corrected chi connectivity index (χ1v) is 6.82. The van der Waals surface area contributed by atoms with Crippen LogP contribution in [-0.4, -0.2) is 17.0 Å². The molecule has 2 rings (SSSR count). The van der Waals surface area contributed by atoms with E-state index in [2.05, 4.69) is 5.32 Å². The summed E-state index contributed by atoms with van der Waals surface area (Å²) in [4.78, 5) is 22.9. The summed E-state index contributed by atoms with van der Waals surface area (Å²) >= 11 is 11.7. The summed E-state index contributed by atoms with van der Waals surface area (Å²) in [5.41, 5.74) is 0.151. The SMILES string of the molecule is O=C(O)C1CCC(C(=O)Nc2c(Cl)cc(F)cc2Cl)C1. The van der Waals surface area contributed by atoms with Crippen LogP contribution in [-0.2, 0) is 9.59 Å². The molecule has 0 heterocycles. The van der Waals surface area contributed by atoms with E-state index in [1.165, 1.54) is 0 Å². The molecule has 20 heavy (non-hydrogen) atoms. The molecule has 0 saturated heterocycles. The van der Waals surface area contributed by atoms with Crippen molar-refractivity contribution in [3.8, 4) is 0 Å². The lowest BCUT2D eigenvalue weighted by atomic mass is 10.0. The Kier molecular flexibility index (Phi) is 4.50. The van der Waals surface area contributed by atoms with E-state index in [-0.39, 0.29) is 28.1 Å². The molecule has 7 heteroatoms. The van der Waals surface area contributed by atoms with Crippen LogP contribution >= 0.6 is 23.2 Å². The highest BCUT2D eigenvalue weighted by Gasteiger charge is 2.34. The van der Waals surface area contributed by atoms with Crippen molar-refractivity contribution < 1.29 is 19.1 Å². The largest absolute Gasteiger partial charge is 0.481 e. The third-order valence-electron chi connectivity index (χ3n) is 3.41. The van der Waals surface area contributed by atoms with Gasteiger partial charge in [-0.25, -0.2) is 4.39 Å². The lowest BCUT2D eigenvalue weighted by Gasteiger charge is -2.13. The number of carbonyl (C=O) groups is 2. The van der Waals surface area contributed by atoms with E-state index in [0.29, 0.717) is 12.8 Å². The minimum atomic E-state index is -0.891. The quantitative estimate of drug-likeness (QED) is 0.895. The Balaban J connectivity index is 2.08. The molecule has 0 aliphatic heterocycles. The van der Waals surface area contributed by atoms with Gasteiger partial charge in [0.1, 0.15) is 5.82 Å². The predicted molar refractivity (Wildman–Crippen MR) is 73.5 cm³/mol. The third kappa shape index (κ3) is 3.22. The Hall–Kier alpha value is -1.33. The molecule has 2 N–H and O–H groups in total. The molecular formula is C13H12Cl2FNO3. The maximum absolute atomic E-state index is 13.0. The molecule has 1 aromatic rings. The fourth-order valence-corrected chi connectivity index (χ4v) is 2.89. The number of carboxylic acids is 1. The van der Waals surface area contributed by atoms with Crippen molar-refractivity contribution >= 4 is 40.8 Å². The van der Waals surface area contributed by atoms with Gasteiger partial charge >= 0.3 is 5.97 Å². The second-order valence-corrected chi connectivity index (χ2v) is 5.59. The van der Waals surface area contributed by atoms with Gasteiger partial charge < -0.3 is 10.4 Å². The normalized spacial score (nSPS) is 21.8. The van der Waals surface area contributed by atoms with Crippen molar-refractivity contribution in [1.82, 2.24) is 0 Å². The molecular weight excluding hydrogens is 308 g/mol. The van der Waals surface area contributed by atoms with Crippen LogP contribution in [0.25, 0.3) is 0 Å². The fraction of sp³-hybridized carbons (Fsp3) is 0.385. The van der Waals surface area contributed by atoms with Gasteiger partial charge in [0.2, 0.25) is 5.91 Å². The van der Waals surface area contributed by atoms with Crippen molar-refractivity contribution in [1.29, 1.82) is 0 Å². The van der Waals surface area contributed by atoms with Crippen LogP contribution in [0.15, 0.2) is 12.1 Å². The summed E-state index contributed by atoms with van der Waals surface area (Å²) in [6.07, 6.45) is 1.26. The lowest BCUT2D eigenvalue weighted by molar-refractivity contribution is -0.141. The first-order valence-electron chi connectivity index (χ1n) is 6.06. The van der Waals surface area contributed by atoms with E-state index in [4.69, 9.17) is 28.3 Å². The minimum absolute atomic E-state index is 0.0103. The van der Waals surface area contributed by atoms with Crippen LogP contribution in [0.3, 0.4) is 0 Å². The molecule has 0 spiro atoms. The molecule has 0 radical (unpaired) electrons. The molecule has 1 fully saturated rings. The monoisotopic (exact) mass is 319 g/mol. The minimum Gasteiger partial charge on any atom is -0.481 e. The zero-order valence-corrected chi connectivity index (χ0v) is 11.8. The standard InChI is InChI=1S/C13H12Cl2FNO3/c14-9-4-8(16)5-10(15)11(9)17-12(18)6-1-2-7(3-6)13(19)20/h4-7H,1-3H2,(H,17,18)(H,19,20). The summed E-state index contributed by atoms with van der Waals surface area (Å²) < 4.78 is 13.0. The van der Waals surface area contributed by atoms with E-state index in [0.717, 1.165) is 12.1 Å². The van der Waals surface area contributed by atoms with Gasteiger partial charge in [0.15, 0.2) is 0 Å². The summed E-state index contributed by atoms with van der Waals surface area (Å²) in [6.45, 7) is 0. The van der Waals surface area contributed by atoms with Crippen molar-refractivity contribution in [3.05, 3.63) is 28.0 Å². The molecule has 4 nitrogen and oxygen atoms in total. The first kappa shape index (κ1) is 15.1. The lowest BCUT2D eigenvalue weighted by Crippen LogP contribution is -2.22. The van der Waals surface area contributed by atoms with Crippen LogP contribution in [0, 0.1) is 17.7 Å². The van der Waals surface area contributed by atoms with E-state index in [1.807, 2.05) is 0 Å². The van der Waals surface area contributed by atoms with Gasteiger partial charge in [0.05, 0.1) is 21.7 Å². The summed E-state index contributed by atoms with van der Waals surface area (Å²) in [5, 5.41) is 11.5. The number of rotatable bonds is 3. The predicted octanol–water partition coefficient (Wildman–Crippen LogP) is 3.57. The second-order valence-electron chi connectivity index (χ2n) is 4.78. The number of carbonyl (C=O) groups excluding carboxylic acids is 1. The number of halogens is 3. The van der Waals surface area contributed by atoms with Crippen LogP contribution < -0.4 is 5.32 Å². The maximum atomic E-state index is 13.0. The van der Waals surface area contributed by atoms with E-state index >= 15 is 0 Å². The fourth-order valence-electron chi connectivity index (χ4n) is 2.33. The Morgan fingerprint density at radius 3 is 2.25 bits per heavy atom. The van der Waals surface area contributed by atoms with Gasteiger partial charge in [-0.3, -0.25) is 9.59 Å². The molecule has 1 amide bonds. The molecule has 1 aromatic carbocycles. The Morgan fingerprint density at radius 1 is 1.20 bits per heavy atom. The van der Waals surface area contributed by atoms with Crippen LogP contribution in [0.2, 0.25) is 10.0 Å². The number of amides is 1. The summed E-state index contributed by atoms with van der Waals surface area (Å²) in [6, 6.07) is 2.11. The number of carboxylic acid groups (broad SMARTS) is 1. The Bertz CT molecular complexity index is 542. The van der Waals surface area contributed by atoms with Gasteiger partial charge in [-0.05, 0) is 31.4 Å². The molecule has 1 saturated carbocycles. The number of anilines is 1. The number of hydrogen-bond acceptors (Lipinski definition) is 2. The molecule has 2 unspecified atom stereocenters. The number of aliphatic carboxylic acids is 1. The van der Waals surface area contributed by atoms with Gasteiger partial charge in [-0.1, -0.05) is 23.2 Å². The van der Waals surface area contributed by atoms with Gasteiger partial charge in [-0.2, -0.15) is 0 Å². The summed E-state index contributed by atoms with van der Waals surface area (Å²) in [5.74, 6) is -2.72. The van der Waals surface area contributed by atoms with Crippen molar-refractivity contribution in [2.45, 2.75) is 19.3 Å². The van der Waals surface area contributed by atoms with Gasteiger partial charge in [-0.15, -0.1) is 0 Å². The van der Waals surface area contributed by atoms with Crippen molar-refractivity contribution in [2.75, 3.05) is 5.32 Å². The average Bonchev–Trinajstić information content (AvgIpc) is 2.83. The molecule has 1 aliphatic rings. The summed E-state index contributed by atoms with van der Waals surface area (Å²) in [7, 11) is 0. The van der Waals surface area contributed by atoms with E-state index in [1.54, 1.807) is 0 Å². The molecule has 1 aliphatic carbocycles. The highest BCUT2D eigenvalue weighted by atomic mass is 35.5. The molecule has 2 atom stereocenters. The molecule has 0 bridgehead atoms. The van der Waals surface area contributed by atoms with E-state index < -0.39 is 23.6 Å². The van der Waals surface area contributed by atoms with Crippen molar-refractivity contribution in [2.24, 2.45) is 11.8 Å². The zero-order chi connectivity index (χ0) is 14.9. The Labute approximate surface area is 124 Å².